The number of amides is 1. The van der Waals surface area contributed by atoms with Crippen LogP contribution < -0.4 is 16.0 Å². The van der Waals surface area contributed by atoms with Gasteiger partial charge in [0.05, 0.1) is 24.6 Å². The van der Waals surface area contributed by atoms with E-state index in [0.717, 1.165) is 56.2 Å². The molecule has 1 unspecified atom stereocenters. The molecule has 1 aromatic carbocycles. The zero-order valence-electron chi connectivity index (χ0n) is 16.7. The van der Waals surface area contributed by atoms with Gasteiger partial charge in [-0.15, -0.1) is 0 Å². The molecule has 3 N–H and O–H groups in total. The van der Waals surface area contributed by atoms with Gasteiger partial charge in [-0.1, -0.05) is 12.1 Å². The van der Waals surface area contributed by atoms with Crippen LogP contribution in [-0.2, 0) is 16.0 Å². The van der Waals surface area contributed by atoms with E-state index in [4.69, 9.17) is 15.2 Å². The third-order valence-electron chi connectivity index (χ3n) is 4.95. The Morgan fingerprint density at radius 3 is 2.74 bits per heavy atom. The second-order valence-electron chi connectivity index (χ2n) is 8.24. The van der Waals surface area contributed by atoms with E-state index in [0.29, 0.717) is 13.1 Å². The molecule has 0 bridgehead atoms. The highest BCUT2D eigenvalue weighted by atomic mass is 16.6. The fourth-order valence-electron chi connectivity index (χ4n) is 3.51. The lowest BCUT2D eigenvalue weighted by molar-refractivity contribution is 0.0291. The Morgan fingerprint density at radius 2 is 2.04 bits per heavy atom. The third-order valence-corrected chi connectivity index (χ3v) is 4.95. The molecular formula is C20H32N4O3. The van der Waals surface area contributed by atoms with E-state index >= 15 is 0 Å². The average molecular weight is 377 g/mol. The SMILES string of the molecule is CC(C)(C)OC(=O)N1CCC(NCc2cccc(N3CCOCC3)c2N)C1. The molecule has 27 heavy (non-hydrogen) atoms. The van der Waals surface area contributed by atoms with Gasteiger partial charge < -0.3 is 30.3 Å². The second kappa shape index (κ2) is 8.35. The third kappa shape index (κ3) is 5.26. The molecule has 2 aliphatic rings. The maximum absolute atomic E-state index is 12.2. The van der Waals surface area contributed by atoms with E-state index < -0.39 is 5.60 Å². The summed E-state index contributed by atoms with van der Waals surface area (Å²) in [5.41, 5.74) is 8.98. The molecule has 2 aliphatic heterocycles. The Kier molecular flexibility index (Phi) is 6.11. The molecule has 7 nitrogen and oxygen atoms in total. The van der Waals surface area contributed by atoms with Gasteiger partial charge in [0, 0.05) is 38.8 Å². The highest BCUT2D eigenvalue weighted by molar-refractivity contribution is 5.71. The highest BCUT2D eigenvalue weighted by Gasteiger charge is 2.29. The zero-order valence-corrected chi connectivity index (χ0v) is 16.7. The zero-order chi connectivity index (χ0) is 19.4. The number of rotatable bonds is 4. The smallest absolute Gasteiger partial charge is 0.410 e. The first-order valence-electron chi connectivity index (χ1n) is 9.75. The lowest BCUT2D eigenvalue weighted by Gasteiger charge is -2.30. The van der Waals surface area contributed by atoms with Crippen LogP contribution in [0.3, 0.4) is 0 Å². The van der Waals surface area contributed by atoms with E-state index in [1.807, 2.05) is 20.8 Å². The number of hydrogen-bond donors (Lipinski definition) is 2. The Balaban J connectivity index is 1.54. The Bertz CT molecular complexity index is 653. The number of nitrogens with two attached hydrogens (primary N) is 1. The maximum Gasteiger partial charge on any atom is 0.410 e. The van der Waals surface area contributed by atoms with Crippen molar-refractivity contribution in [1.82, 2.24) is 10.2 Å². The van der Waals surface area contributed by atoms with Crippen LogP contribution in [0, 0.1) is 0 Å². The van der Waals surface area contributed by atoms with Crippen molar-refractivity contribution < 1.29 is 14.3 Å². The van der Waals surface area contributed by atoms with Gasteiger partial charge >= 0.3 is 6.09 Å². The number of morpholine rings is 1. The largest absolute Gasteiger partial charge is 0.444 e. The maximum atomic E-state index is 12.2. The molecule has 0 aromatic heterocycles. The number of benzene rings is 1. The van der Waals surface area contributed by atoms with E-state index in [1.54, 1.807) is 4.90 Å². The molecule has 7 heteroatoms. The quantitative estimate of drug-likeness (QED) is 0.785. The standard InChI is InChI=1S/C20H32N4O3/c1-20(2,3)27-19(25)24-8-7-16(14-24)22-13-15-5-4-6-17(18(15)21)23-9-11-26-12-10-23/h4-6,16,22H,7-14,21H2,1-3H3. The lowest BCUT2D eigenvalue weighted by Crippen LogP contribution is -2.38. The number of nitrogens with one attached hydrogen (secondary N) is 1. The lowest BCUT2D eigenvalue weighted by atomic mass is 10.1. The van der Waals surface area contributed by atoms with Gasteiger partial charge in [0.15, 0.2) is 0 Å². The molecule has 150 valence electrons. The van der Waals surface area contributed by atoms with Crippen molar-refractivity contribution in [1.29, 1.82) is 0 Å². The first-order valence-corrected chi connectivity index (χ1v) is 9.75. The summed E-state index contributed by atoms with van der Waals surface area (Å²) in [5.74, 6) is 0. The first-order chi connectivity index (χ1) is 12.8. The highest BCUT2D eigenvalue weighted by Crippen LogP contribution is 2.27. The summed E-state index contributed by atoms with van der Waals surface area (Å²) in [7, 11) is 0. The number of ether oxygens (including phenoxy) is 2. The Hall–Kier alpha value is -1.99. The molecule has 0 saturated carbocycles. The van der Waals surface area contributed by atoms with Crippen LogP contribution in [0.1, 0.15) is 32.8 Å². The van der Waals surface area contributed by atoms with Crippen LogP contribution in [0.5, 0.6) is 0 Å². The van der Waals surface area contributed by atoms with Gasteiger partial charge in [0.25, 0.3) is 0 Å². The molecule has 2 saturated heterocycles. The fourth-order valence-corrected chi connectivity index (χ4v) is 3.51. The molecule has 2 fully saturated rings. The van der Waals surface area contributed by atoms with Crippen LogP contribution in [0.2, 0.25) is 0 Å². The van der Waals surface area contributed by atoms with Crippen LogP contribution in [-0.4, -0.2) is 62.0 Å². The number of para-hydroxylation sites is 1. The van der Waals surface area contributed by atoms with Crippen LogP contribution >= 0.6 is 0 Å². The Labute approximate surface area is 161 Å². The molecule has 1 aromatic rings. The van der Waals surface area contributed by atoms with Crippen LogP contribution in [0.15, 0.2) is 18.2 Å². The molecule has 3 rings (SSSR count). The van der Waals surface area contributed by atoms with Crippen molar-refractivity contribution in [3.63, 3.8) is 0 Å². The summed E-state index contributed by atoms with van der Waals surface area (Å²) in [6.45, 7) is 11.0. The van der Waals surface area contributed by atoms with Crippen molar-refractivity contribution in [3.05, 3.63) is 23.8 Å². The van der Waals surface area contributed by atoms with Gasteiger partial charge in [0.2, 0.25) is 0 Å². The summed E-state index contributed by atoms with van der Waals surface area (Å²) in [5, 5.41) is 3.54. The summed E-state index contributed by atoms with van der Waals surface area (Å²) < 4.78 is 10.9. The summed E-state index contributed by atoms with van der Waals surface area (Å²) >= 11 is 0. The summed E-state index contributed by atoms with van der Waals surface area (Å²) in [6, 6.07) is 6.44. The van der Waals surface area contributed by atoms with E-state index in [9.17, 15) is 4.79 Å². The number of hydrogen-bond acceptors (Lipinski definition) is 6. The van der Waals surface area contributed by atoms with Gasteiger partial charge in [-0.2, -0.15) is 0 Å². The van der Waals surface area contributed by atoms with Gasteiger partial charge in [-0.3, -0.25) is 0 Å². The molecule has 2 heterocycles. The van der Waals surface area contributed by atoms with Gasteiger partial charge in [0.1, 0.15) is 5.60 Å². The predicted molar refractivity (Wildman–Crippen MR) is 107 cm³/mol. The number of nitrogen functional groups attached to an aromatic ring is 1. The molecular weight excluding hydrogens is 344 g/mol. The van der Waals surface area contributed by atoms with Gasteiger partial charge in [-0.25, -0.2) is 4.79 Å². The fraction of sp³-hybridized carbons (Fsp3) is 0.650. The van der Waals surface area contributed by atoms with Crippen molar-refractivity contribution >= 4 is 17.5 Å². The summed E-state index contributed by atoms with van der Waals surface area (Å²) in [4.78, 5) is 16.2. The molecule has 1 atom stereocenters. The topological polar surface area (TPSA) is 80.1 Å². The molecule has 0 aliphatic carbocycles. The number of nitrogens with zero attached hydrogens (tertiary/aromatic N) is 2. The number of anilines is 2. The van der Waals surface area contributed by atoms with Crippen molar-refractivity contribution in [2.45, 2.75) is 45.4 Å². The molecule has 0 spiro atoms. The summed E-state index contributed by atoms with van der Waals surface area (Å²) in [6.07, 6.45) is 0.683. The van der Waals surface area contributed by atoms with E-state index in [2.05, 4.69) is 28.4 Å². The first kappa shape index (κ1) is 19.8. The van der Waals surface area contributed by atoms with Crippen LogP contribution in [0.4, 0.5) is 16.2 Å². The monoisotopic (exact) mass is 376 g/mol. The minimum atomic E-state index is -0.461. The number of carbonyl (C=O) groups excluding carboxylic acids is 1. The van der Waals surface area contributed by atoms with E-state index in [1.165, 1.54) is 0 Å². The predicted octanol–water partition coefficient (Wildman–Crippen LogP) is 2.20. The van der Waals surface area contributed by atoms with Crippen molar-refractivity contribution in [3.8, 4) is 0 Å². The van der Waals surface area contributed by atoms with Crippen molar-refractivity contribution in [2.75, 3.05) is 50.0 Å². The number of likely N-dealkylation sites (tertiary alicyclic amines) is 1. The second-order valence-corrected chi connectivity index (χ2v) is 8.24. The Morgan fingerprint density at radius 1 is 1.30 bits per heavy atom. The van der Waals surface area contributed by atoms with Crippen molar-refractivity contribution in [2.24, 2.45) is 0 Å². The van der Waals surface area contributed by atoms with Crippen LogP contribution in [0.25, 0.3) is 0 Å². The number of carbonyl (C=O) groups is 1. The average Bonchev–Trinajstić information content (AvgIpc) is 3.09. The van der Waals surface area contributed by atoms with E-state index in [-0.39, 0.29) is 12.1 Å². The molecule has 0 radical (unpaired) electrons. The normalized spacial score (nSPS) is 20.8. The minimum absolute atomic E-state index is 0.236. The molecule has 1 amide bonds. The van der Waals surface area contributed by atoms with Gasteiger partial charge in [-0.05, 0) is 38.8 Å². The minimum Gasteiger partial charge on any atom is -0.444 e.